The van der Waals surface area contributed by atoms with Crippen LogP contribution in [0.3, 0.4) is 0 Å². The molecular weight excluding hydrogens is 305 g/mol. The van der Waals surface area contributed by atoms with Gasteiger partial charge in [0.1, 0.15) is 0 Å². The van der Waals surface area contributed by atoms with Crippen molar-refractivity contribution in [2.45, 2.75) is 6.42 Å². The van der Waals surface area contributed by atoms with E-state index in [0.717, 1.165) is 4.90 Å². The number of hydrogen-bond acceptors (Lipinski definition) is 7. The van der Waals surface area contributed by atoms with E-state index in [0.29, 0.717) is 5.76 Å². The Morgan fingerprint density at radius 2 is 2.24 bits per heavy atom. The number of nitrogens with zero attached hydrogens (tertiary/aromatic N) is 3. The molecule has 0 saturated carbocycles. The van der Waals surface area contributed by atoms with Gasteiger partial charge >= 0.3 is 16.2 Å². The molecule has 21 heavy (non-hydrogen) atoms. The lowest BCUT2D eigenvalue weighted by Gasteiger charge is -2.09. The third kappa shape index (κ3) is 2.94. The van der Waals surface area contributed by atoms with Gasteiger partial charge < -0.3 is 8.83 Å². The first-order chi connectivity index (χ1) is 9.92. The van der Waals surface area contributed by atoms with Crippen molar-refractivity contribution < 1.29 is 25.9 Å². The van der Waals surface area contributed by atoms with Crippen molar-refractivity contribution in [1.82, 2.24) is 10.2 Å². The van der Waals surface area contributed by atoms with Gasteiger partial charge in [-0.3, -0.25) is 9.69 Å². The monoisotopic (exact) mass is 315 g/mol. The summed E-state index contributed by atoms with van der Waals surface area (Å²) in [5.41, 5.74) is 0. The molecule has 0 radical (unpaired) electrons. The lowest BCUT2D eigenvalue weighted by Crippen LogP contribution is -2.25. The van der Waals surface area contributed by atoms with Gasteiger partial charge in [-0.05, 0) is 12.1 Å². The zero-order valence-electron chi connectivity index (χ0n) is 10.6. The van der Waals surface area contributed by atoms with Gasteiger partial charge in [0.05, 0.1) is 12.0 Å². The summed E-state index contributed by atoms with van der Waals surface area (Å²) in [4.78, 5) is 13.0. The normalized spacial score (nSPS) is 19.4. The zero-order chi connectivity index (χ0) is 15.0. The van der Waals surface area contributed by atoms with Crippen LogP contribution in [0.1, 0.15) is 6.42 Å². The first kappa shape index (κ1) is 13.7. The Labute approximate surface area is 118 Å². The van der Waals surface area contributed by atoms with Crippen LogP contribution in [-0.2, 0) is 15.0 Å². The van der Waals surface area contributed by atoms with Crippen molar-refractivity contribution in [3.8, 4) is 11.7 Å². The number of halogens is 1. The van der Waals surface area contributed by atoms with E-state index in [1.807, 2.05) is 0 Å². The standard InChI is InChI=1S/C11H10FN3O5S/c12-21(17,18)6-7-4-9(16)15(5-7)11-14-13-10(20-11)8-2-1-3-19-8/h1-3,7H,4-6H2. The number of hydrogen-bond donors (Lipinski definition) is 0. The van der Waals surface area contributed by atoms with Gasteiger partial charge in [0.25, 0.3) is 5.89 Å². The molecule has 1 amide bonds. The summed E-state index contributed by atoms with van der Waals surface area (Å²) in [6, 6.07) is 3.19. The second kappa shape index (κ2) is 4.95. The molecule has 1 fully saturated rings. The predicted octanol–water partition coefficient (Wildman–Crippen LogP) is 0.982. The second-order valence-corrected chi connectivity index (χ2v) is 6.06. The SMILES string of the molecule is O=C1CC(CS(=O)(=O)F)CN1c1nnc(-c2ccco2)o1. The van der Waals surface area contributed by atoms with E-state index in [-0.39, 0.29) is 24.9 Å². The summed E-state index contributed by atoms with van der Waals surface area (Å²) in [7, 11) is -4.63. The van der Waals surface area contributed by atoms with E-state index in [1.165, 1.54) is 6.26 Å². The van der Waals surface area contributed by atoms with Gasteiger partial charge in [-0.2, -0.15) is 8.42 Å². The lowest BCUT2D eigenvalue weighted by atomic mass is 10.1. The number of rotatable bonds is 4. The van der Waals surface area contributed by atoms with Crippen LogP contribution in [0.15, 0.2) is 27.2 Å². The van der Waals surface area contributed by atoms with E-state index in [2.05, 4.69) is 10.2 Å². The molecule has 112 valence electrons. The Morgan fingerprint density at radius 1 is 1.43 bits per heavy atom. The molecule has 8 nitrogen and oxygen atoms in total. The molecule has 0 bridgehead atoms. The molecule has 2 aromatic heterocycles. The topological polar surface area (TPSA) is 107 Å². The molecule has 10 heteroatoms. The first-order valence-electron chi connectivity index (χ1n) is 6.02. The highest BCUT2D eigenvalue weighted by Gasteiger charge is 2.36. The summed E-state index contributed by atoms with van der Waals surface area (Å²) in [6.45, 7) is 0.0156. The number of carbonyl (C=O) groups excluding carboxylic acids is 1. The van der Waals surface area contributed by atoms with E-state index >= 15 is 0 Å². The summed E-state index contributed by atoms with van der Waals surface area (Å²) >= 11 is 0. The van der Waals surface area contributed by atoms with Crippen molar-refractivity contribution in [1.29, 1.82) is 0 Å². The van der Waals surface area contributed by atoms with Crippen LogP contribution < -0.4 is 4.90 Å². The molecule has 3 rings (SSSR count). The molecule has 1 atom stereocenters. The van der Waals surface area contributed by atoms with Crippen LogP contribution in [0.5, 0.6) is 0 Å². The summed E-state index contributed by atoms with van der Waals surface area (Å²) < 4.78 is 44.3. The molecule has 2 aromatic rings. The minimum atomic E-state index is -4.63. The van der Waals surface area contributed by atoms with Gasteiger partial charge in [-0.1, -0.05) is 5.10 Å². The van der Waals surface area contributed by atoms with E-state index in [9.17, 15) is 17.1 Å². The largest absolute Gasteiger partial charge is 0.459 e. The smallest absolute Gasteiger partial charge is 0.325 e. The summed E-state index contributed by atoms with van der Waals surface area (Å²) in [5, 5.41) is 7.46. The zero-order valence-corrected chi connectivity index (χ0v) is 11.4. The predicted molar refractivity (Wildman–Crippen MR) is 67.4 cm³/mol. The fourth-order valence-electron chi connectivity index (χ4n) is 2.18. The van der Waals surface area contributed by atoms with Crippen LogP contribution >= 0.6 is 0 Å². The van der Waals surface area contributed by atoms with E-state index in [1.54, 1.807) is 12.1 Å². The Kier molecular flexibility index (Phi) is 3.24. The summed E-state index contributed by atoms with van der Waals surface area (Å²) in [5.74, 6) is -1.27. The highest BCUT2D eigenvalue weighted by Crippen LogP contribution is 2.28. The van der Waals surface area contributed by atoms with Gasteiger partial charge in [0.2, 0.25) is 5.91 Å². The summed E-state index contributed by atoms with van der Waals surface area (Å²) in [6.07, 6.45) is 1.35. The van der Waals surface area contributed by atoms with Crippen LogP contribution in [-0.4, -0.2) is 36.8 Å². The second-order valence-electron chi connectivity index (χ2n) is 4.65. The highest BCUT2D eigenvalue weighted by atomic mass is 32.3. The van der Waals surface area contributed by atoms with E-state index < -0.39 is 27.8 Å². The third-order valence-electron chi connectivity index (χ3n) is 3.02. The molecule has 0 spiro atoms. The maximum atomic E-state index is 12.7. The van der Waals surface area contributed by atoms with Crippen molar-refractivity contribution >= 4 is 22.1 Å². The van der Waals surface area contributed by atoms with E-state index in [4.69, 9.17) is 8.83 Å². The fraction of sp³-hybridized carbons (Fsp3) is 0.364. The molecule has 0 aliphatic carbocycles. The maximum Gasteiger partial charge on any atom is 0.325 e. The van der Waals surface area contributed by atoms with Crippen molar-refractivity contribution in [2.75, 3.05) is 17.2 Å². The van der Waals surface area contributed by atoms with Gasteiger partial charge in [0.15, 0.2) is 5.76 Å². The Hall–Kier alpha value is -2.23. The highest BCUT2D eigenvalue weighted by molar-refractivity contribution is 7.86. The van der Waals surface area contributed by atoms with Crippen LogP contribution in [0.2, 0.25) is 0 Å². The van der Waals surface area contributed by atoms with Crippen molar-refractivity contribution in [2.24, 2.45) is 5.92 Å². The molecule has 1 aliphatic heterocycles. The number of aromatic nitrogens is 2. The quantitative estimate of drug-likeness (QED) is 0.774. The number of amides is 1. The number of carbonyl (C=O) groups is 1. The number of furan rings is 1. The molecular formula is C11H10FN3O5S. The minimum absolute atomic E-state index is 0.0156. The lowest BCUT2D eigenvalue weighted by molar-refractivity contribution is -0.117. The van der Waals surface area contributed by atoms with Crippen molar-refractivity contribution in [3.05, 3.63) is 18.4 Å². The average molecular weight is 315 g/mol. The molecule has 1 saturated heterocycles. The Bertz CT molecular complexity index is 755. The van der Waals surface area contributed by atoms with Crippen molar-refractivity contribution in [3.63, 3.8) is 0 Å². The average Bonchev–Trinajstić information content (AvgIpc) is 3.06. The Morgan fingerprint density at radius 3 is 2.90 bits per heavy atom. The molecule has 0 aromatic carbocycles. The van der Waals surface area contributed by atoms with Gasteiger partial charge in [-0.15, -0.1) is 8.98 Å². The molecule has 1 aliphatic rings. The minimum Gasteiger partial charge on any atom is -0.459 e. The molecule has 3 heterocycles. The van der Waals surface area contributed by atoms with Gasteiger partial charge in [-0.25, -0.2) is 0 Å². The molecule has 0 N–H and O–H groups in total. The number of anilines is 1. The van der Waals surface area contributed by atoms with Crippen LogP contribution in [0.4, 0.5) is 9.90 Å². The maximum absolute atomic E-state index is 12.7. The van der Waals surface area contributed by atoms with Gasteiger partial charge in [0, 0.05) is 18.9 Å². The fourth-order valence-corrected chi connectivity index (χ4v) is 2.97. The third-order valence-corrected chi connectivity index (χ3v) is 3.89. The van der Waals surface area contributed by atoms with Crippen LogP contribution in [0, 0.1) is 5.92 Å². The molecule has 1 unspecified atom stereocenters. The first-order valence-corrected chi connectivity index (χ1v) is 7.58. The Balaban J connectivity index is 1.77. The van der Waals surface area contributed by atoms with Crippen LogP contribution in [0.25, 0.3) is 11.7 Å².